The second-order valence-electron chi connectivity index (χ2n) is 5.18. The zero-order valence-electron chi connectivity index (χ0n) is 11.6. The van der Waals surface area contributed by atoms with Gasteiger partial charge in [0.25, 0.3) is 0 Å². The van der Waals surface area contributed by atoms with Crippen LogP contribution in [-0.2, 0) is 6.42 Å². The molecule has 0 N–H and O–H groups in total. The third-order valence-electron chi connectivity index (χ3n) is 3.59. The number of thiophene rings is 1. The molecule has 20 heavy (non-hydrogen) atoms. The molecule has 0 unspecified atom stereocenters. The fourth-order valence-corrected chi connectivity index (χ4v) is 3.53. The van der Waals surface area contributed by atoms with E-state index in [1.54, 1.807) is 11.3 Å². The molecular formula is C18H16OS. The number of fused-ring (bicyclic) bond motifs is 1. The molecule has 0 aliphatic carbocycles. The van der Waals surface area contributed by atoms with E-state index in [1.165, 1.54) is 15.6 Å². The Bertz CT molecular complexity index is 783. The van der Waals surface area contributed by atoms with Crippen LogP contribution in [0.1, 0.15) is 27.0 Å². The number of hydrogen-bond acceptors (Lipinski definition) is 2. The van der Waals surface area contributed by atoms with Gasteiger partial charge in [0.05, 0.1) is 0 Å². The van der Waals surface area contributed by atoms with Gasteiger partial charge in [-0.3, -0.25) is 4.79 Å². The highest BCUT2D eigenvalue weighted by molar-refractivity contribution is 7.17. The van der Waals surface area contributed by atoms with E-state index >= 15 is 0 Å². The Balaban J connectivity index is 1.92. The van der Waals surface area contributed by atoms with Crippen molar-refractivity contribution in [3.05, 3.63) is 70.1 Å². The summed E-state index contributed by atoms with van der Waals surface area (Å²) in [5, 5.41) is 3.31. The zero-order chi connectivity index (χ0) is 14.1. The van der Waals surface area contributed by atoms with Crippen molar-refractivity contribution < 1.29 is 4.79 Å². The summed E-state index contributed by atoms with van der Waals surface area (Å²) >= 11 is 1.71. The van der Waals surface area contributed by atoms with Crippen molar-refractivity contribution in [1.82, 2.24) is 0 Å². The lowest BCUT2D eigenvalue weighted by Gasteiger charge is -2.05. The van der Waals surface area contributed by atoms with Crippen molar-refractivity contribution in [2.24, 2.45) is 0 Å². The van der Waals surface area contributed by atoms with Gasteiger partial charge >= 0.3 is 0 Å². The first kappa shape index (κ1) is 13.1. The molecule has 0 aliphatic rings. The van der Waals surface area contributed by atoms with E-state index in [4.69, 9.17) is 0 Å². The third kappa shape index (κ3) is 2.39. The number of ketones is 1. The average Bonchev–Trinajstić information content (AvgIpc) is 2.82. The monoisotopic (exact) mass is 280 g/mol. The Kier molecular flexibility index (Phi) is 3.41. The van der Waals surface area contributed by atoms with Crippen molar-refractivity contribution in [3.63, 3.8) is 0 Å². The summed E-state index contributed by atoms with van der Waals surface area (Å²) in [4.78, 5) is 12.5. The van der Waals surface area contributed by atoms with E-state index in [9.17, 15) is 4.79 Å². The van der Waals surface area contributed by atoms with Gasteiger partial charge in [0.2, 0.25) is 0 Å². The Morgan fingerprint density at radius 2 is 1.90 bits per heavy atom. The molecule has 0 spiro atoms. The normalized spacial score (nSPS) is 10.9. The number of carbonyl (C=O) groups excluding carboxylic acids is 1. The molecule has 2 aromatic carbocycles. The highest BCUT2D eigenvalue weighted by atomic mass is 32.1. The lowest BCUT2D eigenvalue weighted by Crippen LogP contribution is -2.05. The van der Waals surface area contributed by atoms with E-state index < -0.39 is 0 Å². The number of benzene rings is 2. The maximum absolute atomic E-state index is 12.5. The molecule has 2 heteroatoms. The van der Waals surface area contributed by atoms with Gasteiger partial charge in [-0.05, 0) is 41.8 Å². The molecule has 1 nitrogen and oxygen atoms in total. The second kappa shape index (κ2) is 5.22. The standard InChI is InChI=1S/C18H16OS/c1-12-7-8-15(13(2)9-12)17(19)10-14-11-20-18-6-4-3-5-16(14)18/h3-9,11H,10H2,1-2H3. The smallest absolute Gasteiger partial charge is 0.167 e. The van der Waals surface area contributed by atoms with E-state index in [1.807, 2.05) is 38.1 Å². The summed E-state index contributed by atoms with van der Waals surface area (Å²) in [5.41, 5.74) is 4.23. The first-order valence-electron chi connectivity index (χ1n) is 6.71. The van der Waals surface area contributed by atoms with Gasteiger partial charge in [-0.15, -0.1) is 11.3 Å². The minimum absolute atomic E-state index is 0.200. The summed E-state index contributed by atoms with van der Waals surface area (Å²) in [7, 11) is 0. The van der Waals surface area contributed by atoms with Gasteiger partial charge in [0, 0.05) is 16.7 Å². The molecule has 1 aromatic heterocycles. The number of hydrogen-bond donors (Lipinski definition) is 0. The van der Waals surface area contributed by atoms with Crippen LogP contribution in [0.4, 0.5) is 0 Å². The molecule has 3 aromatic rings. The molecule has 0 saturated carbocycles. The maximum Gasteiger partial charge on any atom is 0.167 e. The fourth-order valence-electron chi connectivity index (χ4n) is 2.56. The Morgan fingerprint density at radius 1 is 1.10 bits per heavy atom. The minimum Gasteiger partial charge on any atom is -0.294 e. The molecule has 0 amide bonds. The number of aryl methyl sites for hydroxylation is 2. The molecule has 0 radical (unpaired) electrons. The van der Waals surface area contributed by atoms with Gasteiger partial charge in [0.15, 0.2) is 5.78 Å². The van der Waals surface area contributed by atoms with Crippen LogP contribution in [-0.4, -0.2) is 5.78 Å². The molecule has 0 saturated heterocycles. The minimum atomic E-state index is 0.200. The first-order valence-corrected chi connectivity index (χ1v) is 7.58. The maximum atomic E-state index is 12.5. The second-order valence-corrected chi connectivity index (χ2v) is 6.09. The van der Waals surface area contributed by atoms with Crippen LogP contribution < -0.4 is 0 Å². The van der Waals surface area contributed by atoms with Gasteiger partial charge in [-0.25, -0.2) is 0 Å². The Hall–Kier alpha value is -1.93. The quantitative estimate of drug-likeness (QED) is 0.621. The fraction of sp³-hybridized carbons (Fsp3) is 0.167. The Morgan fingerprint density at radius 3 is 2.70 bits per heavy atom. The van der Waals surface area contributed by atoms with Crippen molar-refractivity contribution in [2.45, 2.75) is 20.3 Å². The first-order chi connectivity index (χ1) is 9.65. The van der Waals surface area contributed by atoms with Crippen LogP contribution in [0.15, 0.2) is 47.8 Å². The van der Waals surface area contributed by atoms with Crippen LogP contribution >= 0.6 is 11.3 Å². The van der Waals surface area contributed by atoms with Crippen LogP contribution in [0.2, 0.25) is 0 Å². The predicted molar refractivity (Wildman–Crippen MR) is 85.8 cm³/mol. The number of rotatable bonds is 3. The highest BCUT2D eigenvalue weighted by Gasteiger charge is 2.12. The number of Topliss-reactive ketones (excluding diaryl/α,β-unsaturated/α-hetero) is 1. The summed E-state index contributed by atoms with van der Waals surface area (Å²) in [6, 6.07) is 14.3. The number of carbonyl (C=O) groups is 1. The summed E-state index contributed by atoms with van der Waals surface area (Å²) in [6.07, 6.45) is 0.480. The van der Waals surface area contributed by atoms with Gasteiger partial charge in [-0.1, -0.05) is 42.0 Å². The van der Waals surface area contributed by atoms with Gasteiger partial charge in [-0.2, -0.15) is 0 Å². The molecule has 0 atom stereocenters. The molecular weight excluding hydrogens is 264 g/mol. The largest absolute Gasteiger partial charge is 0.294 e. The van der Waals surface area contributed by atoms with Crippen LogP contribution in [0.25, 0.3) is 10.1 Å². The van der Waals surface area contributed by atoms with Crippen molar-refractivity contribution in [1.29, 1.82) is 0 Å². The average molecular weight is 280 g/mol. The van der Waals surface area contributed by atoms with E-state index in [0.29, 0.717) is 6.42 Å². The van der Waals surface area contributed by atoms with E-state index in [0.717, 1.165) is 16.7 Å². The summed E-state index contributed by atoms with van der Waals surface area (Å²) in [5.74, 6) is 0.200. The van der Waals surface area contributed by atoms with Crippen LogP contribution in [0.5, 0.6) is 0 Å². The molecule has 3 rings (SSSR count). The lowest BCUT2D eigenvalue weighted by atomic mass is 9.97. The predicted octanol–water partition coefficient (Wildman–Crippen LogP) is 4.94. The summed E-state index contributed by atoms with van der Waals surface area (Å²) < 4.78 is 1.25. The SMILES string of the molecule is Cc1ccc(C(=O)Cc2csc3ccccc23)c(C)c1. The van der Waals surface area contributed by atoms with Crippen LogP contribution in [0, 0.1) is 13.8 Å². The molecule has 0 aliphatic heterocycles. The van der Waals surface area contributed by atoms with E-state index in [2.05, 4.69) is 23.6 Å². The van der Waals surface area contributed by atoms with Gasteiger partial charge in [0.1, 0.15) is 0 Å². The molecule has 0 bridgehead atoms. The third-order valence-corrected chi connectivity index (χ3v) is 4.61. The van der Waals surface area contributed by atoms with Crippen LogP contribution in [0.3, 0.4) is 0 Å². The van der Waals surface area contributed by atoms with Gasteiger partial charge < -0.3 is 0 Å². The van der Waals surface area contributed by atoms with Crippen molar-refractivity contribution >= 4 is 27.2 Å². The van der Waals surface area contributed by atoms with Crippen molar-refractivity contribution in [3.8, 4) is 0 Å². The Labute approximate surface area is 122 Å². The van der Waals surface area contributed by atoms with E-state index in [-0.39, 0.29) is 5.78 Å². The molecule has 0 fully saturated rings. The zero-order valence-corrected chi connectivity index (χ0v) is 12.5. The molecule has 100 valence electrons. The topological polar surface area (TPSA) is 17.1 Å². The summed E-state index contributed by atoms with van der Waals surface area (Å²) in [6.45, 7) is 4.06. The van der Waals surface area contributed by atoms with Crippen molar-refractivity contribution in [2.75, 3.05) is 0 Å². The lowest BCUT2D eigenvalue weighted by molar-refractivity contribution is 0.0993. The molecule has 1 heterocycles. The highest BCUT2D eigenvalue weighted by Crippen LogP contribution is 2.27.